The number of hydrogen-bond acceptors (Lipinski definition) is 35. The number of aryl methyl sites for hydroxylation is 2. The molecule has 0 atom stereocenters. The first-order chi connectivity index (χ1) is 62.0. The Hall–Kier alpha value is -13.3. The number of nitrogens with one attached hydrogen (secondary N) is 6. The minimum Gasteiger partial charge on any atom is -0.368 e. The number of anilines is 12. The molecule has 2 saturated carbocycles. The van der Waals surface area contributed by atoms with Crippen LogP contribution in [0.2, 0.25) is 0 Å². The lowest BCUT2D eigenvalue weighted by atomic mass is 9.75. The lowest BCUT2D eigenvalue weighted by Crippen LogP contribution is -2.30. The van der Waals surface area contributed by atoms with Crippen LogP contribution in [-0.2, 0) is 105 Å². The highest BCUT2D eigenvalue weighted by atomic mass is 32.2. The van der Waals surface area contributed by atoms with Crippen molar-refractivity contribution >= 4 is 175 Å². The molecule has 4 aliphatic carbocycles. The van der Waals surface area contributed by atoms with E-state index in [-0.39, 0.29) is 181 Å². The Morgan fingerprint density at radius 3 is 1.21 bits per heavy atom. The molecule has 4 heterocycles. The Labute approximate surface area is 747 Å². The number of carbonyl (C=O) groups is 4. The highest BCUT2D eigenvalue weighted by Crippen LogP contribution is 2.49. The van der Waals surface area contributed by atoms with Crippen molar-refractivity contribution in [2.75, 3.05) is 64.7 Å². The maximum absolute atomic E-state index is 15.1. The zero-order valence-corrected chi connectivity index (χ0v) is 74.6. The third kappa shape index (κ3) is 18.4. The van der Waals surface area contributed by atoms with Crippen LogP contribution in [0.3, 0.4) is 0 Å². The fourth-order valence-corrected chi connectivity index (χ4v) is 21.8. The van der Waals surface area contributed by atoms with E-state index < -0.39 is 133 Å². The van der Waals surface area contributed by atoms with Gasteiger partial charge >= 0.3 is 0 Å². The number of carbonyl (C=O) groups excluding carboxylic acids is 4. The van der Waals surface area contributed by atoms with Crippen LogP contribution in [0.25, 0.3) is 44.1 Å². The molecule has 4 aliphatic rings. The standard InChI is InChI=1S/C85H80N16O24S6/c1-100-63-31-29-57(69-71(63)66(52-16-6-9-19-55(52)77(69)105)72(78(100)106)74(102)45-13-10-12-44(33-45)39-126(108,109)110)91-60-38-59(48(41-128(114,115)116)36-64(60)130(119,120)124-4)92-84-96-80(86)94-82(98-84)88-49-24-20-42(21-25-49)32-43-22-26-50(27-23-43)89-83-95-81(87)97-85(99-83)93-61-37-58(47(40-127(111,112)113)35-65(61)131(121,122)125-5)90-56-28-30-62-70-67(53-17-7-8-18-54(53)76(104)68(56)70)73(79(107)101(62)2)75(103)46-14-11-15-51(34-46)129(117,118)123-3/h6-19,28-31,33-38,42-43,49-50,90-91H,20-27,32,39-41H2,1-5H3,(H,108,109,110)(H,111,112,113)(H,114,115,116)(H4,86,88,92,94,96,98)(H4,87,89,93,95,97,99). The highest BCUT2D eigenvalue weighted by Gasteiger charge is 2.40. The van der Waals surface area contributed by atoms with Gasteiger partial charge in [0.15, 0.2) is 23.1 Å². The smallest absolute Gasteiger partial charge is 0.298 e. The SMILES string of the molecule is COS(=O)(=O)c1cccc(C(=O)c2c3c4c(c(Nc5cc(Nc6nc(N)nc(NC7CCC(CC8CCC(Nc9nc(N)nc(Nc%10cc(Nc%11ccc%12c%13c%11C(=O)c%11ccccc%11-c%13c(C(=O)c%11cccc(CS(=O)(=O)O)c%11)c(=O)n%12C)c(S(=O)(=O)OC)cc%10CS(=O)(=O)O)n9)CC8)CC7)n6)c(S(=O)(=O)OC)cc5CS(=O)(=O)O)ccc4n(C)c2=O)C(=O)c2ccccc2-3)c1. The van der Waals surface area contributed by atoms with Crippen molar-refractivity contribution in [2.24, 2.45) is 25.9 Å². The first kappa shape index (κ1) is 91.1. The summed E-state index contributed by atoms with van der Waals surface area (Å²) < 4.78 is 204. The normalized spacial score (nSPS) is 16.3. The van der Waals surface area contributed by atoms with Gasteiger partial charge in [0.05, 0.1) is 82.3 Å². The highest BCUT2D eigenvalue weighted by molar-refractivity contribution is 7.87. The van der Waals surface area contributed by atoms with Gasteiger partial charge in [-0.25, -0.2) is 0 Å². The van der Waals surface area contributed by atoms with E-state index in [0.29, 0.717) is 37.5 Å². The Bertz CT molecular complexity index is 7780. The third-order valence-electron chi connectivity index (χ3n) is 23.5. The Morgan fingerprint density at radius 2 is 0.786 bits per heavy atom. The van der Waals surface area contributed by atoms with E-state index in [2.05, 4.69) is 66.0 Å². The van der Waals surface area contributed by atoms with Crippen LogP contribution < -0.4 is 54.5 Å². The van der Waals surface area contributed by atoms with Gasteiger partial charge in [-0.2, -0.15) is 80.4 Å². The van der Waals surface area contributed by atoms with E-state index in [4.69, 9.17) is 19.8 Å². The largest absolute Gasteiger partial charge is 0.368 e. The minimum atomic E-state index is -4.99. The molecule has 0 amide bonds. The number of pyridine rings is 2. The molecular formula is C85H80N16O24S6. The van der Waals surface area contributed by atoms with Crippen LogP contribution in [0.1, 0.15) is 138 Å². The van der Waals surface area contributed by atoms with Gasteiger partial charge in [0.25, 0.3) is 71.8 Å². The number of ketones is 4. The summed E-state index contributed by atoms with van der Waals surface area (Å²) in [5, 5.41) is 18.7. The number of nitrogens with zero attached hydrogens (tertiary/aromatic N) is 8. The molecule has 680 valence electrons. The lowest BCUT2D eigenvalue weighted by Gasteiger charge is -2.34. The zero-order valence-electron chi connectivity index (χ0n) is 69.7. The molecule has 12 aromatic rings. The number of nitrogen functional groups attached to an aromatic ring is 2. The summed E-state index contributed by atoms with van der Waals surface area (Å²) in [7, 11) is -23.1. The van der Waals surface area contributed by atoms with Gasteiger partial charge in [0.2, 0.25) is 35.7 Å². The van der Waals surface area contributed by atoms with Crippen molar-refractivity contribution in [3.63, 3.8) is 0 Å². The van der Waals surface area contributed by atoms with E-state index in [9.17, 15) is 83.3 Å². The minimum absolute atomic E-state index is 0.00214. The summed E-state index contributed by atoms with van der Waals surface area (Å²) in [5.41, 5.74) is 8.38. The average Bonchev–Trinajstić information content (AvgIpc) is 0.708. The first-order valence-electron chi connectivity index (χ1n) is 40.2. The fraction of sp³-hybridized carbons (Fsp3) is 0.247. The van der Waals surface area contributed by atoms with Crippen LogP contribution in [0.4, 0.5) is 69.8 Å². The topological polar surface area (TPSA) is 607 Å². The van der Waals surface area contributed by atoms with Crippen LogP contribution in [0, 0.1) is 11.8 Å². The molecule has 2 fully saturated rings. The molecular weight excluding hydrogens is 1820 g/mol. The third-order valence-corrected chi connectivity index (χ3v) is 29.4. The molecule has 16 rings (SSSR count). The van der Waals surface area contributed by atoms with Crippen molar-refractivity contribution in [1.29, 1.82) is 0 Å². The van der Waals surface area contributed by atoms with Crippen molar-refractivity contribution < 1.29 is 95.9 Å². The number of benzene rings is 8. The van der Waals surface area contributed by atoms with E-state index in [1.54, 1.807) is 24.3 Å². The van der Waals surface area contributed by atoms with Gasteiger partial charge in [-0.15, -0.1) is 0 Å². The second kappa shape index (κ2) is 34.9. The quantitative estimate of drug-likeness (QED) is 0.0113. The van der Waals surface area contributed by atoms with Crippen molar-refractivity contribution in [1.82, 2.24) is 39.0 Å². The van der Waals surface area contributed by atoms with Gasteiger partial charge in [-0.1, -0.05) is 78.9 Å². The van der Waals surface area contributed by atoms with E-state index in [1.807, 2.05) is 0 Å². The number of rotatable bonds is 30. The molecule has 0 aliphatic heterocycles. The molecule has 13 N–H and O–H groups in total. The molecule has 0 radical (unpaired) electrons. The van der Waals surface area contributed by atoms with Crippen LogP contribution in [0.15, 0.2) is 170 Å². The second-order valence-electron chi connectivity index (χ2n) is 31.8. The van der Waals surface area contributed by atoms with E-state index in [0.717, 1.165) is 92.9 Å². The molecule has 0 unspecified atom stereocenters. The molecule has 8 aromatic carbocycles. The van der Waals surface area contributed by atoms with Crippen molar-refractivity contribution in [2.45, 2.75) is 102 Å². The average molecular weight is 1900 g/mol. The zero-order chi connectivity index (χ0) is 93.6. The molecule has 4 aromatic heterocycles. The van der Waals surface area contributed by atoms with Gasteiger partial charge in [-0.05, 0) is 164 Å². The van der Waals surface area contributed by atoms with E-state index >= 15 is 9.59 Å². The summed E-state index contributed by atoms with van der Waals surface area (Å²) in [5.74, 6) is -6.80. The summed E-state index contributed by atoms with van der Waals surface area (Å²) in [6.45, 7) is 0. The van der Waals surface area contributed by atoms with Gasteiger partial charge in [0.1, 0.15) is 27.0 Å². The monoisotopic (exact) mass is 1900 g/mol. The molecule has 40 nitrogen and oxygen atoms in total. The Kier molecular flexibility index (Phi) is 24.2. The van der Waals surface area contributed by atoms with Gasteiger partial charge in [0, 0.05) is 81.7 Å². The molecule has 0 saturated heterocycles. The van der Waals surface area contributed by atoms with Crippen molar-refractivity contribution in [3.05, 3.63) is 227 Å². The summed E-state index contributed by atoms with van der Waals surface area (Å²) in [6, 6.07) is 31.9. The molecule has 131 heavy (non-hydrogen) atoms. The van der Waals surface area contributed by atoms with Gasteiger partial charge in [-0.3, -0.25) is 55.0 Å². The molecule has 0 bridgehead atoms. The number of nitrogens with two attached hydrogens (primary N) is 2. The Balaban J connectivity index is 0.609. The first-order valence-corrected chi connectivity index (χ1v) is 49.2. The molecule has 46 heteroatoms. The maximum atomic E-state index is 15.1. The number of aromatic nitrogens is 8. The Morgan fingerprint density at radius 1 is 0.405 bits per heavy atom. The number of hydrogen-bond donors (Lipinski definition) is 11. The predicted octanol–water partition coefficient (Wildman–Crippen LogP) is 9.98. The summed E-state index contributed by atoms with van der Waals surface area (Å²) >= 11 is 0. The van der Waals surface area contributed by atoms with Crippen LogP contribution >= 0.6 is 0 Å². The van der Waals surface area contributed by atoms with E-state index in [1.165, 1.54) is 105 Å². The summed E-state index contributed by atoms with van der Waals surface area (Å²) in [4.78, 5) is 113. The van der Waals surface area contributed by atoms with Crippen LogP contribution in [-0.4, -0.2) is 160 Å². The lowest BCUT2D eigenvalue weighted by molar-refractivity contribution is 0.102. The fourth-order valence-electron chi connectivity index (χ4n) is 17.5. The summed E-state index contributed by atoms with van der Waals surface area (Å²) in [6.07, 6.45) is 6.75. The predicted molar refractivity (Wildman–Crippen MR) is 482 cm³/mol. The maximum Gasteiger partial charge on any atom is 0.298 e. The second-order valence-corrected chi connectivity index (χ2v) is 41.3. The van der Waals surface area contributed by atoms with Crippen molar-refractivity contribution in [3.8, 4) is 22.3 Å². The van der Waals surface area contributed by atoms with Gasteiger partial charge < -0.3 is 52.5 Å². The number of fused-ring (bicyclic) bond motifs is 4. The molecule has 0 spiro atoms. The van der Waals surface area contributed by atoms with Crippen LogP contribution in [0.5, 0.6) is 0 Å².